The normalized spacial score (nSPS) is 12.5. The molecule has 150 valence electrons. The molecule has 0 aromatic rings. The molecular formula is C18H32N2O6. The predicted molar refractivity (Wildman–Crippen MR) is 97.4 cm³/mol. The van der Waals surface area contributed by atoms with Crippen LogP contribution < -0.4 is 5.32 Å². The first-order valence-electron chi connectivity index (χ1n) is 8.54. The highest BCUT2D eigenvalue weighted by atomic mass is 16.6. The lowest BCUT2D eigenvalue weighted by molar-refractivity contribution is -0.137. The van der Waals surface area contributed by atoms with Crippen molar-refractivity contribution >= 4 is 18.5 Å². The van der Waals surface area contributed by atoms with Gasteiger partial charge in [0.15, 0.2) is 0 Å². The number of carbonyl (C=O) groups is 3. The fourth-order valence-electron chi connectivity index (χ4n) is 2.20. The third kappa shape index (κ3) is 8.33. The first-order valence-corrected chi connectivity index (χ1v) is 8.54. The topological polar surface area (TPSA) is 94.2 Å². The van der Waals surface area contributed by atoms with E-state index in [1.165, 1.54) is 7.11 Å². The fourth-order valence-corrected chi connectivity index (χ4v) is 2.20. The third-order valence-corrected chi connectivity index (χ3v) is 3.32. The number of ether oxygens (including phenoxy) is 3. The second kappa shape index (κ2) is 10.8. The summed E-state index contributed by atoms with van der Waals surface area (Å²) in [5, 5.41) is 2.31. The van der Waals surface area contributed by atoms with Crippen LogP contribution in [0, 0.1) is 0 Å². The van der Waals surface area contributed by atoms with Gasteiger partial charge in [-0.05, 0) is 48.5 Å². The minimum absolute atomic E-state index is 0.00852. The molecule has 0 aliphatic heterocycles. The third-order valence-electron chi connectivity index (χ3n) is 3.32. The Hall–Kier alpha value is -2.09. The second-order valence-corrected chi connectivity index (χ2v) is 7.28. The smallest absolute Gasteiger partial charge is 0.410 e. The molecule has 0 aromatic carbocycles. The van der Waals surface area contributed by atoms with Crippen molar-refractivity contribution in [1.82, 2.24) is 10.2 Å². The van der Waals surface area contributed by atoms with Crippen molar-refractivity contribution in [2.45, 2.75) is 66.2 Å². The Labute approximate surface area is 155 Å². The molecule has 2 amide bonds. The quantitative estimate of drug-likeness (QED) is 0.379. The number of esters is 1. The Kier molecular flexibility index (Phi) is 9.93. The Morgan fingerprint density at radius 1 is 1.08 bits per heavy atom. The highest BCUT2D eigenvalue weighted by Gasteiger charge is 2.24. The molecule has 0 heterocycles. The maximum Gasteiger partial charge on any atom is 0.410 e. The monoisotopic (exact) mass is 372 g/mol. The molecule has 26 heavy (non-hydrogen) atoms. The van der Waals surface area contributed by atoms with Gasteiger partial charge in [0.2, 0.25) is 6.41 Å². The fraction of sp³-hybridized carbons (Fsp3) is 0.722. The van der Waals surface area contributed by atoms with Gasteiger partial charge in [0.05, 0.1) is 19.3 Å². The maximum atomic E-state index is 12.4. The molecule has 0 rings (SSSR count). The Balaban J connectivity index is 5.49. The summed E-state index contributed by atoms with van der Waals surface area (Å²) in [5.74, 6) is -0.745. The molecule has 0 spiro atoms. The van der Waals surface area contributed by atoms with Crippen LogP contribution in [0.4, 0.5) is 4.79 Å². The lowest BCUT2D eigenvalue weighted by Gasteiger charge is -2.30. The summed E-state index contributed by atoms with van der Waals surface area (Å²) in [7, 11) is 1.20. The zero-order chi connectivity index (χ0) is 20.5. The van der Waals surface area contributed by atoms with Gasteiger partial charge in [-0.25, -0.2) is 9.59 Å². The summed E-state index contributed by atoms with van der Waals surface area (Å²) in [6.45, 7) is 12.9. The van der Waals surface area contributed by atoms with Gasteiger partial charge in [0, 0.05) is 17.7 Å². The average Bonchev–Trinajstić information content (AvgIpc) is 2.50. The summed E-state index contributed by atoms with van der Waals surface area (Å²) < 4.78 is 15.7. The van der Waals surface area contributed by atoms with E-state index in [1.54, 1.807) is 4.90 Å². The van der Waals surface area contributed by atoms with Gasteiger partial charge in [0.1, 0.15) is 12.3 Å². The molecule has 0 saturated carbocycles. The number of carbonyl (C=O) groups excluding carboxylic acids is 3. The average molecular weight is 372 g/mol. The van der Waals surface area contributed by atoms with Crippen molar-refractivity contribution in [2.75, 3.05) is 20.3 Å². The van der Waals surface area contributed by atoms with Crippen LogP contribution in [0.15, 0.2) is 11.3 Å². The summed E-state index contributed by atoms with van der Waals surface area (Å²) >= 11 is 0. The van der Waals surface area contributed by atoms with Gasteiger partial charge in [0.25, 0.3) is 0 Å². The summed E-state index contributed by atoms with van der Waals surface area (Å²) in [6, 6.07) is -0.0946. The van der Waals surface area contributed by atoms with Gasteiger partial charge in [-0.15, -0.1) is 0 Å². The van der Waals surface area contributed by atoms with Crippen molar-refractivity contribution in [3.05, 3.63) is 11.3 Å². The molecule has 0 atom stereocenters. The molecule has 0 unspecified atom stereocenters. The molecule has 0 bridgehead atoms. The lowest BCUT2D eigenvalue weighted by Crippen LogP contribution is -2.42. The first kappa shape index (κ1) is 23.9. The van der Waals surface area contributed by atoms with Crippen molar-refractivity contribution in [2.24, 2.45) is 0 Å². The van der Waals surface area contributed by atoms with Crippen molar-refractivity contribution in [3.63, 3.8) is 0 Å². The van der Waals surface area contributed by atoms with Crippen LogP contribution in [-0.2, 0) is 23.8 Å². The van der Waals surface area contributed by atoms with Crippen LogP contribution in [0.3, 0.4) is 0 Å². The van der Waals surface area contributed by atoms with E-state index in [0.717, 1.165) is 0 Å². The van der Waals surface area contributed by atoms with E-state index in [0.29, 0.717) is 12.0 Å². The van der Waals surface area contributed by atoms with Gasteiger partial charge >= 0.3 is 12.1 Å². The predicted octanol–water partition coefficient (Wildman–Crippen LogP) is 2.23. The minimum Gasteiger partial charge on any atom is -0.464 e. The molecule has 0 aliphatic carbocycles. The molecule has 0 fully saturated rings. The molecular weight excluding hydrogens is 340 g/mol. The molecule has 0 aliphatic rings. The van der Waals surface area contributed by atoms with Crippen LogP contribution in [0.1, 0.15) is 48.5 Å². The van der Waals surface area contributed by atoms with Crippen LogP contribution in [0.5, 0.6) is 0 Å². The number of rotatable bonds is 9. The summed E-state index contributed by atoms with van der Waals surface area (Å²) in [6.07, 6.45) is -0.154. The number of hydrogen-bond acceptors (Lipinski definition) is 6. The minimum atomic E-state index is -0.745. The van der Waals surface area contributed by atoms with E-state index in [-0.39, 0.29) is 31.0 Å². The zero-order valence-electron chi connectivity index (χ0n) is 17.0. The van der Waals surface area contributed by atoms with E-state index in [9.17, 15) is 14.4 Å². The Bertz CT molecular complexity index is 512. The largest absolute Gasteiger partial charge is 0.464 e. The van der Waals surface area contributed by atoms with Crippen LogP contribution >= 0.6 is 0 Å². The van der Waals surface area contributed by atoms with Gasteiger partial charge in [-0.3, -0.25) is 4.79 Å². The van der Waals surface area contributed by atoms with Crippen molar-refractivity contribution in [1.29, 1.82) is 0 Å². The number of methoxy groups -OCH3 is 1. The SMILES string of the molecule is COC(=O)/C(NC=O)=C(/COC(=O)N(C(C)C)C(C)C)COC(C)(C)C. The van der Waals surface area contributed by atoms with E-state index in [1.807, 2.05) is 48.5 Å². The van der Waals surface area contributed by atoms with Crippen molar-refractivity contribution in [3.8, 4) is 0 Å². The molecule has 0 aromatic heterocycles. The van der Waals surface area contributed by atoms with E-state index < -0.39 is 17.7 Å². The van der Waals surface area contributed by atoms with E-state index in [2.05, 4.69) is 10.1 Å². The highest BCUT2D eigenvalue weighted by Crippen LogP contribution is 2.14. The molecule has 8 heteroatoms. The number of nitrogens with zero attached hydrogens (tertiary/aromatic N) is 1. The molecule has 8 nitrogen and oxygen atoms in total. The second-order valence-electron chi connectivity index (χ2n) is 7.28. The zero-order valence-corrected chi connectivity index (χ0v) is 17.0. The summed E-state index contributed by atoms with van der Waals surface area (Å²) in [4.78, 5) is 36.8. The van der Waals surface area contributed by atoms with Crippen molar-refractivity contribution < 1.29 is 28.6 Å². The van der Waals surface area contributed by atoms with Crippen LogP contribution in [0.2, 0.25) is 0 Å². The van der Waals surface area contributed by atoms with Crippen LogP contribution in [0.25, 0.3) is 0 Å². The Morgan fingerprint density at radius 3 is 2.00 bits per heavy atom. The van der Waals surface area contributed by atoms with Crippen LogP contribution in [-0.4, -0.2) is 61.4 Å². The van der Waals surface area contributed by atoms with Gasteiger partial charge in [-0.1, -0.05) is 0 Å². The Morgan fingerprint density at radius 2 is 1.62 bits per heavy atom. The van der Waals surface area contributed by atoms with E-state index in [4.69, 9.17) is 9.47 Å². The number of amides is 2. The molecule has 1 N–H and O–H groups in total. The standard InChI is InChI=1S/C18H32N2O6/c1-12(2)20(13(3)4)17(23)25-9-14(10-26-18(5,6)7)15(19-11-21)16(22)24-8/h11-13H,9-10H2,1-8H3,(H,19,21)/b15-14+. The van der Waals surface area contributed by atoms with Gasteiger partial charge in [-0.2, -0.15) is 0 Å². The molecule has 0 radical (unpaired) electrons. The van der Waals surface area contributed by atoms with E-state index >= 15 is 0 Å². The molecule has 0 saturated heterocycles. The number of nitrogens with one attached hydrogen (secondary N) is 1. The highest BCUT2D eigenvalue weighted by molar-refractivity contribution is 5.91. The van der Waals surface area contributed by atoms with Gasteiger partial charge < -0.3 is 24.4 Å². The number of hydrogen-bond donors (Lipinski definition) is 1. The summed E-state index contributed by atoms with van der Waals surface area (Å²) in [5.41, 5.74) is -0.278. The lowest BCUT2D eigenvalue weighted by atomic mass is 10.1. The first-order chi connectivity index (χ1) is 11.9. The maximum absolute atomic E-state index is 12.4.